The van der Waals surface area contributed by atoms with Crippen molar-refractivity contribution >= 4 is 23.7 Å². The third-order valence-corrected chi connectivity index (χ3v) is 9.87. The van der Waals surface area contributed by atoms with Crippen LogP contribution in [0, 0.1) is 0 Å². The summed E-state index contributed by atoms with van der Waals surface area (Å²) in [5.74, 6) is -1.94. The minimum Gasteiger partial charge on any atom is -0.394 e. The second-order valence-electron chi connectivity index (χ2n) is 14.1. The van der Waals surface area contributed by atoms with Crippen molar-refractivity contribution in [2.45, 2.75) is 157 Å². The van der Waals surface area contributed by atoms with Crippen LogP contribution < -0.4 is 5.32 Å². The highest BCUT2D eigenvalue weighted by Crippen LogP contribution is 2.30. The summed E-state index contributed by atoms with van der Waals surface area (Å²) in [6.07, 6.45) is -16.5. The molecule has 0 aromatic rings. The van der Waals surface area contributed by atoms with Gasteiger partial charge in [-0.05, 0) is 12.8 Å². The average Bonchev–Trinajstić information content (AvgIpc) is 3.49. The summed E-state index contributed by atoms with van der Waals surface area (Å²) in [7, 11) is 0. The number of hydroxylamine groups is 2. The molecule has 10 unspecified atom stereocenters. The third-order valence-electron chi connectivity index (χ3n) is 9.87. The number of hydrogen-bond acceptors (Lipinski definition) is 20. The molecule has 0 aromatic heterocycles. The summed E-state index contributed by atoms with van der Waals surface area (Å²) >= 11 is 0. The van der Waals surface area contributed by atoms with Gasteiger partial charge in [0.15, 0.2) is 18.9 Å². The zero-order valence-corrected chi connectivity index (χ0v) is 30.9. The van der Waals surface area contributed by atoms with Gasteiger partial charge in [0.2, 0.25) is 5.91 Å². The monoisotopic (exact) mass is 812 g/mol. The number of nitrogens with one attached hydrogen (secondary N) is 1. The number of imide groups is 1. The van der Waals surface area contributed by atoms with Crippen LogP contribution in [0.1, 0.15) is 70.6 Å². The molecule has 4 fully saturated rings. The number of aliphatic hydroxyl groups excluding tert-OH is 9. The van der Waals surface area contributed by atoms with Crippen molar-refractivity contribution in [3.8, 4) is 0 Å². The molecule has 3 amide bonds. The Morgan fingerprint density at radius 2 is 1.20 bits per heavy atom. The van der Waals surface area contributed by atoms with Crippen LogP contribution in [-0.2, 0) is 52.4 Å². The van der Waals surface area contributed by atoms with Gasteiger partial charge in [-0.15, -0.1) is 5.06 Å². The number of carbonyl (C=O) groups is 4. The summed E-state index contributed by atoms with van der Waals surface area (Å²) in [6, 6.07) is 0. The molecule has 0 aliphatic carbocycles. The van der Waals surface area contributed by atoms with E-state index in [0.717, 1.165) is 25.7 Å². The normalized spacial score (nSPS) is 36.5. The van der Waals surface area contributed by atoms with Crippen molar-refractivity contribution < 1.29 is 98.4 Å². The van der Waals surface area contributed by atoms with E-state index in [2.05, 4.69) is 5.32 Å². The maximum Gasteiger partial charge on any atom is 0.333 e. The Morgan fingerprint density at radius 1 is 0.661 bits per heavy atom. The van der Waals surface area contributed by atoms with Gasteiger partial charge >= 0.3 is 5.97 Å². The number of rotatable bonds is 21. The second kappa shape index (κ2) is 22.6. The van der Waals surface area contributed by atoms with Gasteiger partial charge in [-0.1, -0.05) is 25.7 Å². The Labute approximate surface area is 322 Å². The van der Waals surface area contributed by atoms with Gasteiger partial charge < -0.3 is 84.5 Å². The molecule has 0 saturated carbocycles. The second-order valence-corrected chi connectivity index (χ2v) is 14.1. The summed E-state index contributed by atoms with van der Waals surface area (Å²) in [4.78, 5) is 52.2. The predicted octanol–water partition coefficient (Wildman–Crippen LogP) is -4.68. The van der Waals surface area contributed by atoms with E-state index in [9.17, 15) is 65.1 Å². The minimum atomic E-state index is -1.78. The lowest BCUT2D eigenvalue weighted by molar-refractivity contribution is -0.348. The molecule has 4 aliphatic heterocycles. The van der Waals surface area contributed by atoms with Gasteiger partial charge in [0, 0.05) is 38.6 Å². The number of nitrogens with zero attached hydrogens (tertiary/aromatic N) is 1. The number of aliphatic hydroxyl groups is 9. The van der Waals surface area contributed by atoms with Crippen LogP contribution in [0.25, 0.3) is 0 Å². The van der Waals surface area contributed by atoms with E-state index in [1.807, 2.05) is 0 Å². The van der Waals surface area contributed by atoms with E-state index in [4.69, 9.17) is 33.3 Å². The molecule has 4 aliphatic rings. The van der Waals surface area contributed by atoms with Gasteiger partial charge in [-0.2, -0.15) is 0 Å². The third kappa shape index (κ3) is 12.7. The van der Waals surface area contributed by atoms with E-state index >= 15 is 0 Å². The smallest absolute Gasteiger partial charge is 0.333 e. The zero-order chi connectivity index (χ0) is 40.9. The van der Waals surface area contributed by atoms with Crippen LogP contribution in [0.2, 0.25) is 0 Å². The van der Waals surface area contributed by atoms with Crippen LogP contribution >= 0.6 is 0 Å². The van der Waals surface area contributed by atoms with Crippen LogP contribution in [0.5, 0.6) is 0 Å². The van der Waals surface area contributed by atoms with Gasteiger partial charge in [0.05, 0.1) is 38.6 Å². The van der Waals surface area contributed by atoms with Crippen molar-refractivity contribution in [2.75, 3.05) is 33.0 Å². The molecule has 322 valence electrons. The summed E-state index contributed by atoms with van der Waals surface area (Å²) in [6.45, 7) is -1.88. The number of carbonyl (C=O) groups excluding carboxylic acids is 4. The van der Waals surface area contributed by atoms with Crippen LogP contribution in [0.3, 0.4) is 0 Å². The van der Waals surface area contributed by atoms with Crippen LogP contribution in [0.4, 0.5) is 0 Å². The van der Waals surface area contributed by atoms with E-state index in [-0.39, 0.29) is 57.8 Å². The van der Waals surface area contributed by atoms with Crippen LogP contribution in [-0.4, -0.2) is 194 Å². The Bertz CT molecular complexity index is 1240. The number of amides is 3. The van der Waals surface area contributed by atoms with Crippen molar-refractivity contribution in [2.24, 2.45) is 0 Å². The van der Waals surface area contributed by atoms with E-state index in [1.165, 1.54) is 0 Å². The fraction of sp³-hybridized carbons (Fsp3) is 0.882. The highest BCUT2D eigenvalue weighted by Gasteiger charge is 2.49. The summed E-state index contributed by atoms with van der Waals surface area (Å²) in [5.41, 5.74) is 0. The van der Waals surface area contributed by atoms with Gasteiger partial charge in [-0.25, -0.2) is 4.79 Å². The maximum atomic E-state index is 12.4. The molecule has 4 rings (SSSR count). The Morgan fingerprint density at radius 3 is 1.80 bits per heavy atom. The zero-order valence-electron chi connectivity index (χ0n) is 30.9. The van der Waals surface area contributed by atoms with Crippen molar-refractivity contribution in [3.05, 3.63) is 0 Å². The molecule has 0 spiro atoms. The fourth-order valence-corrected chi connectivity index (χ4v) is 6.56. The first kappa shape index (κ1) is 46.2. The minimum absolute atomic E-state index is 0.0282. The molecule has 0 aromatic carbocycles. The molecule has 0 bridgehead atoms. The molecule has 0 radical (unpaired) electrons. The Balaban J connectivity index is 1.19. The molecule has 14 atom stereocenters. The van der Waals surface area contributed by atoms with Crippen molar-refractivity contribution in [3.63, 3.8) is 0 Å². The predicted molar refractivity (Wildman–Crippen MR) is 181 cm³/mol. The topological polar surface area (TPSA) is 330 Å². The Kier molecular flexibility index (Phi) is 18.6. The molecule has 56 heavy (non-hydrogen) atoms. The lowest BCUT2D eigenvalue weighted by Gasteiger charge is -2.44. The standard InChI is InChI=1S/C34H56N2O20/c37-14-19-25(43)28(46)30(48)33(54-19)51-16-17-13-18(53-34-31(49)29(47)26(44)20(15-38)55-34)27(45)32(52-17)50-12-11-35-21(39)7-5-3-1-2-4-6-8-24(42)56-36-22(40)9-10-23(36)41/h17-20,25-34,37-38,43-49H,1-16H2,(H,35,39)/t17?,18?,19?,20?,25-,26-,27?,28?,29?,30?,31?,32?,33+,34+/m1/s1. The van der Waals surface area contributed by atoms with E-state index < -0.39 is 117 Å². The number of hydrogen-bond donors (Lipinski definition) is 10. The first-order valence-electron chi connectivity index (χ1n) is 18.9. The first-order valence-corrected chi connectivity index (χ1v) is 18.9. The molecule has 4 saturated heterocycles. The molecular formula is C34H56N2O20. The summed E-state index contributed by atoms with van der Waals surface area (Å²) in [5, 5.41) is 94.7. The lowest BCUT2D eigenvalue weighted by Crippen LogP contribution is -2.62. The Hall–Kier alpha value is -2.52. The van der Waals surface area contributed by atoms with Gasteiger partial charge in [0.25, 0.3) is 11.8 Å². The first-order chi connectivity index (χ1) is 26.7. The van der Waals surface area contributed by atoms with Crippen LogP contribution in [0.15, 0.2) is 0 Å². The summed E-state index contributed by atoms with van der Waals surface area (Å²) < 4.78 is 33.8. The van der Waals surface area contributed by atoms with Crippen molar-refractivity contribution in [1.29, 1.82) is 0 Å². The quantitative estimate of drug-likeness (QED) is 0.0385. The fourth-order valence-electron chi connectivity index (χ4n) is 6.56. The number of unbranched alkanes of at least 4 members (excludes halogenated alkanes) is 5. The van der Waals surface area contributed by atoms with Gasteiger partial charge in [-0.3, -0.25) is 14.4 Å². The SMILES string of the molecule is O=C(CCCCCCCCC(=O)ON1C(=O)CCC1=O)NCCOC1OC(CO[C@H]2OC(CO)[C@@H](O)C(O)C2O)CC(O[C@H]2OC(CO)[C@@H](O)C(O)C2O)C1O. The van der Waals surface area contributed by atoms with Gasteiger partial charge in [0.1, 0.15) is 54.9 Å². The molecule has 10 N–H and O–H groups in total. The molecule has 22 heteroatoms. The highest BCUT2D eigenvalue weighted by atomic mass is 16.7. The lowest BCUT2D eigenvalue weighted by atomic mass is 9.98. The van der Waals surface area contributed by atoms with Crippen molar-refractivity contribution in [1.82, 2.24) is 10.4 Å². The van der Waals surface area contributed by atoms with E-state index in [0.29, 0.717) is 17.9 Å². The highest BCUT2D eigenvalue weighted by molar-refractivity contribution is 6.01. The number of ether oxygens (including phenoxy) is 6. The maximum absolute atomic E-state index is 12.4. The largest absolute Gasteiger partial charge is 0.394 e. The average molecular weight is 813 g/mol. The molecule has 22 nitrogen and oxygen atoms in total. The molecule has 4 heterocycles. The molecular weight excluding hydrogens is 756 g/mol. The van der Waals surface area contributed by atoms with E-state index in [1.54, 1.807) is 0 Å².